The van der Waals surface area contributed by atoms with Crippen LogP contribution in [0.15, 0.2) is 59.5 Å². The first kappa shape index (κ1) is 12.1. The molecule has 0 N–H and O–H groups in total. The monoisotopic (exact) mass is 313 g/mol. The van der Waals surface area contributed by atoms with Crippen molar-refractivity contribution in [2.24, 2.45) is 0 Å². The van der Waals surface area contributed by atoms with E-state index in [1.54, 1.807) is 6.20 Å². The first-order valence-electron chi connectivity index (χ1n) is 5.94. The minimum atomic E-state index is 0.963. The molecule has 0 atom stereocenters. The number of aromatic nitrogens is 2. The van der Waals surface area contributed by atoms with Crippen LogP contribution in [0, 0.1) is 0 Å². The third-order valence-electron chi connectivity index (χ3n) is 3.05. The lowest BCUT2D eigenvalue weighted by molar-refractivity contribution is 1.17. The molecule has 0 aliphatic heterocycles. The lowest BCUT2D eigenvalue weighted by Crippen LogP contribution is -2.10. The zero-order valence-corrected chi connectivity index (χ0v) is 12.0. The van der Waals surface area contributed by atoms with Crippen molar-refractivity contribution in [3.63, 3.8) is 0 Å². The third-order valence-corrected chi connectivity index (χ3v) is 3.48. The molecule has 3 rings (SSSR count). The van der Waals surface area contributed by atoms with E-state index in [0.29, 0.717) is 0 Å². The maximum Gasteiger partial charge on any atom is 0.0938 e. The number of halogens is 1. The second-order valence-electron chi connectivity index (χ2n) is 4.27. The first-order chi connectivity index (χ1) is 9.25. The number of para-hydroxylation sites is 1. The smallest absolute Gasteiger partial charge is 0.0938 e. The van der Waals surface area contributed by atoms with Crippen LogP contribution in [0.5, 0.6) is 0 Å². The molecule has 0 radical (unpaired) electrons. The van der Waals surface area contributed by atoms with E-state index in [0.717, 1.165) is 26.8 Å². The second kappa shape index (κ2) is 4.97. The van der Waals surface area contributed by atoms with Gasteiger partial charge in [-0.1, -0.05) is 18.2 Å². The summed E-state index contributed by atoms with van der Waals surface area (Å²) in [7, 11) is 2.02. The van der Waals surface area contributed by atoms with Gasteiger partial charge in [-0.05, 0) is 34.1 Å². The summed E-state index contributed by atoms with van der Waals surface area (Å²) >= 11 is 3.45. The Hall–Kier alpha value is -1.94. The van der Waals surface area contributed by atoms with Gasteiger partial charge in [0.2, 0.25) is 0 Å². The van der Waals surface area contributed by atoms with E-state index in [1.165, 1.54) is 0 Å². The Kier molecular flexibility index (Phi) is 3.17. The van der Waals surface area contributed by atoms with Crippen LogP contribution in [0.25, 0.3) is 10.9 Å². The Balaban J connectivity index is 2.14. The van der Waals surface area contributed by atoms with E-state index in [9.17, 15) is 0 Å². The van der Waals surface area contributed by atoms with Crippen LogP contribution in [-0.4, -0.2) is 17.0 Å². The van der Waals surface area contributed by atoms with Gasteiger partial charge in [-0.25, -0.2) is 0 Å². The summed E-state index contributed by atoms with van der Waals surface area (Å²) in [6, 6.07) is 12.2. The summed E-state index contributed by atoms with van der Waals surface area (Å²) < 4.78 is 0.963. The number of nitrogens with zero attached hydrogens (tertiary/aromatic N) is 3. The lowest BCUT2D eigenvalue weighted by atomic mass is 10.1. The molecule has 0 aliphatic rings. The predicted octanol–water partition coefficient (Wildman–Crippen LogP) is 4.16. The standard InChI is InChI=1S/C15H12BrN3/c1-19(13-8-12(16)9-17-10-13)14-6-2-4-11-5-3-7-18-15(11)14/h2-10H,1H3. The van der Waals surface area contributed by atoms with Gasteiger partial charge in [-0.3, -0.25) is 9.97 Å². The van der Waals surface area contributed by atoms with Crippen LogP contribution in [-0.2, 0) is 0 Å². The molecule has 4 heteroatoms. The number of fused-ring (bicyclic) bond motifs is 1. The molecule has 94 valence electrons. The van der Waals surface area contributed by atoms with Crippen molar-refractivity contribution in [3.8, 4) is 0 Å². The van der Waals surface area contributed by atoms with Crippen LogP contribution in [0.3, 0.4) is 0 Å². The average molecular weight is 314 g/mol. The Morgan fingerprint density at radius 1 is 1.11 bits per heavy atom. The van der Waals surface area contributed by atoms with E-state index in [2.05, 4.69) is 49.0 Å². The molecule has 0 unspecified atom stereocenters. The topological polar surface area (TPSA) is 29.0 Å². The molecule has 0 saturated heterocycles. The average Bonchev–Trinajstić information content (AvgIpc) is 2.46. The minimum Gasteiger partial charge on any atom is -0.342 e. The maximum atomic E-state index is 4.48. The van der Waals surface area contributed by atoms with E-state index in [4.69, 9.17) is 0 Å². The number of pyridine rings is 2. The largest absolute Gasteiger partial charge is 0.342 e. The fourth-order valence-corrected chi connectivity index (χ4v) is 2.43. The summed E-state index contributed by atoms with van der Waals surface area (Å²) in [5.74, 6) is 0. The molecule has 2 aromatic heterocycles. The summed E-state index contributed by atoms with van der Waals surface area (Å²) in [6.07, 6.45) is 5.43. The van der Waals surface area contributed by atoms with Crippen LogP contribution in [0.2, 0.25) is 0 Å². The molecule has 3 aromatic rings. The Morgan fingerprint density at radius 2 is 1.95 bits per heavy atom. The van der Waals surface area contributed by atoms with Gasteiger partial charge in [0.15, 0.2) is 0 Å². The number of rotatable bonds is 2. The fraction of sp³-hybridized carbons (Fsp3) is 0.0667. The van der Waals surface area contributed by atoms with E-state index in [-0.39, 0.29) is 0 Å². The van der Waals surface area contributed by atoms with Crippen molar-refractivity contribution in [2.45, 2.75) is 0 Å². The van der Waals surface area contributed by atoms with E-state index >= 15 is 0 Å². The summed E-state index contributed by atoms with van der Waals surface area (Å²) in [6.45, 7) is 0. The van der Waals surface area contributed by atoms with Gasteiger partial charge >= 0.3 is 0 Å². The zero-order valence-electron chi connectivity index (χ0n) is 10.4. The van der Waals surface area contributed by atoms with Crippen LogP contribution >= 0.6 is 15.9 Å². The third kappa shape index (κ3) is 2.31. The molecule has 0 fully saturated rings. The summed E-state index contributed by atoms with van der Waals surface area (Å²) in [5.41, 5.74) is 3.08. The highest BCUT2D eigenvalue weighted by Crippen LogP contribution is 2.30. The lowest BCUT2D eigenvalue weighted by Gasteiger charge is -2.20. The van der Waals surface area contributed by atoms with Crippen LogP contribution < -0.4 is 4.90 Å². The van der Waals surface area contributed by atoms with Gasteiger partial charge in [0.1, 0.15) is 0 Å². The Bertz CT molecular complexity index is 722. The molecule has 0 spiro atoms. The van der Waals surface area contributed by atoms with Crippen molar-refractivity contribution in [3.05, 3.63) is 59.5 Å². The van der Waals surface area contributed by atoms with Crippen molar-refractivity contribution in [2.75, 3.05) is 11.9 Å². The molecule has 3 nitrogen and oxygen atoms in total. The fourth-order valence-electron chi connectivity index (χ4n) is 2.08. The van der Waals surface area contributed by atoms with E-state index < -0.39 is 0 Å². The predicted molar refractivity (Wildman–Crippen MR) is 81.7 cm³/mol. The summed E-state index contributed by atoms with van der Waals surface area (Å²) in [5, 5.41) is 1.13. The second-order valence-corrected chi connectivity index (χ2v) is 5.19. The Morgan fingerprint density at radius 3 is 2.79 bits per heavy atom. The molecule has 0 saturated carbocycles. The highest BCUT2D eigenvalue weighted by Gasteiger charge is 2.09. The van der Waals surface area contributed by atoms with Gasteiger partial charge in [-0.15, -0.1) is 0 Å². The number of benzene rings is 1. The zero-order chi connectivity index (χ0) is 13.2. The molecule has 0 amide bonds. The quantitative estimate of drug-likeness (QED) is 0.711. The molecule has 0 bridgehead atoms. The highest BCUT2D eigenvalue weighted by atomic mass is 79.9. The Labute approximate surface area is 120 Å². The number of hydrogen-bond donors (Lipinski definition) is 0. The van der Waals surface area contributed by atoms with Crippen LogP contribution in [0.1, 0.15) is 0 Å². The molecule has 19 heavy (non-hydrogen) atoms. The van der Waals surface area contributed by atoms with Crippen LogP contribution in [0.4, 0.5) is 11.4 Å². The van der Waals surface area contributed by atoms with Gasteiger partial charge in [0.05, 0.1) is 23.1 Å². The molecular formula is C15H12BrN3. The SMILES string of the molecule is CN(c1cncc(Br)c1)c1cccc2cccnc12. The first-order valence-corrected chi connectivity index (χ1v) is 6.73. The number of hydrogen-bond acceptors (Lipinski definition) is 3. The molecule has 2 heterocycles. The maximum absolute atomic E-state index is 4.48. The molecular weight excluding hydrogens is 302 g/mol. The van der Waals surface area contributed by atoms with Gasteiger partial charge in [0.25, 0.3) is 0 Å². The van der Waals surface area contributed by atoms with Gasteiger partial charge in [0, 0.05) is 29.3 Å². The summed E-state index contributed by atoms with van der Waals surface area (Å²) in [4.78, 5) is 10.8. The molecule has 0 aliphatic carbocycles. The minimum absolute atomic E-state index is 0.963. The van der Waals surface area contributed by atoms with Gasteiger partial charge < -0.3 is 4.90 Å². The van der Waals surface area contributed by atoms with Gasteiger partial charge in [-0.2, -0.15) is 0 Å². The van der Waals surface area contributed by atoms with Crippen molar-refractivity contribution in [1.82, 2.24) is 9.97 Å². The van der Waals surface area contributed by atoms with E-state index in [1.807, 2.05) is 37.6 Å². The van der Waals surface area contributed by atoms with Crippen molar-refractivity contribution < 1.29 is 0 Å². The van der Waals surface area contributed by atoms with Crippen molar-refractivity contribution >= 4 is 38.2 Å². The highest BCUT2D eigenvalue weighted by molar-refractivity contribution is 9.10. The number of anilines is 2. The normalized spacial score (nSPS) is 10.6. The van der Waals surface area contributed by atoms with Crippen molar-refractivity contribution in [1.29, 1.82) is 0 Å². The molecule has 1 aromatic carbocycles.